The molecule has 0 aromatic carbocycles. The summed E-state index contributed by atoms with van der Waals surface area (Å²) in [5, 5.41) is 0. The van der Waals surface area contributed by atoms with E-state index in [0.29, 0.717) is 6.42 Å². The maximum atomic E-state index is 12.3. The van der Waals surface area contributed by atoms with Gasteiger partial charge in [-0.2, -0.15) is 0 Å². The molecule has 4 nitrogen and oxygen atoms in total. The Bertz CT molecular complexity index is 589. The molecular formula is C15H17N3O. The van der Waals surface area contributed by atoms with Crippen LogP contribution in [0.15, 0.2) is 36.7 Å². The first-order valence-electron chi connectivity index (χ1n) is 6.55. The second-order valence-corrected chi connectivity index (χ2v) is 4.96. The van der Waals surface area contributed by atoms with Crippen LogP contribution in [0, 0.1) is 0 Å². The van der Waals surface area contributed by atoms with E-state index in [1.54, 1.807) is 6.20 Å². The zero-order valence-electron chi connectivity index (χ0n) is 11.0. The zero-order chi connectivity index (χ0) is 13.2. The van der Waals surface area contributed by atoms with Gasteiger partial charge in [0.25, 0.3) is 0 Å². The van der Waals surface area contributed by atoms with E-state index in [0.717, 1.165) is 25.2 Å². The summed E-state index contributed by atoms with van der Waals surface area (Å²) in [7, 11) is 2.06. The van der Waals surface area contributed by atoms with Crippen molar-refractivity contribution in [3.8, 4) is 0 Å². The molecule has 2 aromatic heterocycles. The van der Waals surface area contributed by atoms with Gasteiger partial charge >= 0.3 is 0 Å². The van der Waals surface area contributed by atoms with E-state index in [-0.39, 0.29) is 5.91 Å². The van der Waals surface area contributed by atoms with E-state index in [9.17, 15) is 4.79 Å². The van der Waals surface area contributed by atoms with Crippen molar-refractivity contribution in [2.45, 2.75) is 19.4 Å². The number of nitrogens with zero attached hydrogens (tertiary/aromatic N) is 3. The van der Waals surface area contributed by atoms with Gasteiger partial charge in [-0.15, -0.1) is 0 Å². The Labute approximate surface area is 112 Å². The molecule has 19 heavy (non-hydrogen) atoms. The summed E-state index contributed by atoms with van der Waals surface area (Å²) >= 11 is 0. The third-order valence-electron chi connectivity index (χ3n) is 3.69. The lowest BCUT2D eigenvalue weighted by atomic mass is 10.1. The highest BCUT2D eigenvalue weighted by atomic mass is 16.2. The van der Waals surface area contributed by atoms with E-state index >= 15 is 0 Å². The zero-order valence-corrected chi connectivity index (χ0v) is 11.0. The molecule has 1 amide bonds. The summed E-state index contributed by atoms with van der Waals surface area (Å²) in [6.45, 7) is 1.53. The average Bonchev–Trinajstić information content (AvgIpc) is 2.81. The SMILES string of the molecule is Cn1ccc2c1CCN(C(=O)Cc1ccccn1)C2. The summed E-state index contributed by atoms with van der Waals surface area (Å²) in [6.07, 6.45) is 5.13. The Balaban J connectivity index is 1.69. The molecule has 4 heteroatoms. The van der Waals surface area contributed by atoms with Gasteiger partial charge < -0.3 is 9.47 Å². The van der Waals surface area contributed by atoms with E-state index in [2.05, 4.69) is 28.9 Å². The summed E-state index contributed by atoms with van der Waals surface area (Å²) in [6, 6.07) is 7.79. The number of aryl methyl sites for hydroxylation is 1. The molecule has 2 aromatic rings. The van der Waals surface area contributed by atoms with Crippen LogP contribution in [0.2, 0.25) is 0 Å². The molecule has 0 saturated carbocycles. The minimum absolute atomic E-state index is 0.160. The number of hydrogen-bond donors (Lipinski definition) is 0. The Morgan fingerprint density at radius 1 is 1.37 bits per heavy atom. The second kappa shape index (κ2) is 4.88. The van der Waals surface area contributed by atoms with Crippen LogP contribution in [0.1, 0.15) is 17.0 Å². The molecule has 0 spiro atoms. The molecule has 0 aliphatic carbocycles. The number of aromatic nitrogens is 2. The van der Waals surface area contributed by atoms with Crippen LogP contribution in [0.3, 0.4) is 0 Å². The number of carbonyl (C=O) groups excluding carboxylic acids is 1. The molecule has 3 heterocycles. The van der Waals surface area contributed by atoms with E-state index in [1.165, 1.54) is 11.3 Å². The number of carbonyl (C=O) groups is 1. The van der Waals surface area contributed by atoms with Gasteiger partial charge in [-0.25, -0.2) is 0 Å². The van der Waals surface area contributed by atoms with Crippen LogP contribution >= 0.6 is 0 Å². The summed E-state index contributed by atoms with van der Waals surface area (Å²) in [5.41, 5.74) is 3.45. The highest BCUT2D eigenvalue weighted by molar-refractivity contribution is 5.78. The van der Waals surface area contributed by atoms with E-state index < -0.39 is 0 Å². The van der Waals surface area contributed by atoms with Crippen molar-refractivity contribution in [2.75, 3.05) is 6.54 Å². The molecule has 1 aliphatic heterocycles. The molecule has 1 aliphatic rings. The molecular weight excluding hydrogens is 238 g/mol. The fraction of sp³-hybridized carbons (Fsp3) is 0.333. The normalized spacial score (nSPS) is 14.3. The van der Waals surface area contributed by atoms with Gasteiger partial charge in [0.05, 0.1) is 6.42 Å². The maximum absolute atomic E-state index is 12.3. The molecule has 0 N–H and O–H groups in total. The van der Waals surface area contributed by atoms with Crippen molar-refractivity contribution in [1.82, 2.24) is 14.5 Å². The lowest BCUT2D eigenvalue weighted by Crippen LogP contribution is -2.37. The van der Waals surface area contributed by atoms with Crippen LogP contribution in [-0.4, -0.2) is 26.9 Å². The topological polar surface area (TPSA) is 38.1 Å². The van der Waals surface area contributed by atoms with Gasteiger partial charge in [-0.1, -0.05) is 6.07 Å². The number of amides is 1. The first kappa shape index (κ1) is 12.0. The minimum atomic E-state index is 0.160. The average molecular weight is 255 g/mol. The molecule has 3 rings (SSSR count). The summed E-state index contributed by atoms with van der Waals surface area (Å²) < 4.78 is 2.15. The maximum Gasteiger partial charge on any atom is 0.228 e. The predicted octanol–water partition coefficient (Wildman–Crippen LogP) is 1.55. The van der Waals surface area contributed by atoms with Gasteiger partial charge in [-0.05, 0) is 23.8 Å². The first-order chi connectivity index (χ1) is 9.24. The van der Waals surface area contributed by atoms with Crippen molar-refractivity contribution >= 4 is 5.91 Å². The highest BCUT2D eigenvalue weighted by Gasteiger charge is 2.22. The van der Waals surface area contributed by atoms with E-state index in [1.807, 2.05) is 23.1 Å². The van der Waals surface area contributed by atoms with Crippen LogP contribution in [0.25, 0.3) is 0 Å². The molecule has 0 atom stereocenters. The second-order valence-electron chi connectivity index (χ2n) is 4.96. The van der Waals surface area contributed by atoms with Gasteiger partial charge in [0.2, 0.25) is 5.91 Å². The minimum Gasteiger partial charge on any atom is -0.354 e. The number of rotatable bonds is 2. The molecule has 0 fully saturated rings. The Hall–Kier alpha value is -2.10. The van der Waals surface area contributed by atoms with Crippen molar-refractivity contribution < 1.29 is 4.79 Å². The standard InChI is InChI=1S/C15H17N3O/c1-17-8-5-12-11-18(9-6-14(12)17)15(19)10-13-4-2-3-7-16-13/h2-5,7-8H,6,9-11H2,1H3. The number of pyridine rings is 1. The quantitative estimate of drug-likeness (QED) is 0.816. The van der Waals surface area contributed by atoms with Crippen LogP contribution in [0.4, 0.5) is 0 Å². The molecule has 0 saturated heterocycles. The Morgan fingerprint density at radius 2 is 2.26 bits per heavy atom. The van der Waals surface area contributed by atoms with Crippen molar-refractivity contribution in [2.24, 2.45) is 7.05 Å². The number of fused-ring (bicyclic) bond motifs is 1. The van der Waals surface area contributed by atoms with Crippen molar-refractivity contribution in [3.63, 3.8) is 0 Å². The largest absolute Gasteiger partial charge is 0.354 e. The fourth-order valence-electron chi connectivity index (χ4n) is 2.60. The highest BCUT2D eigenvalue weighted by Crippen LogP contribution is 2.19. The van der Waals surface area contributed by atoms with Gasteiger partial charge in [0.15, 0.2) is 0 Å². The third kappa shape index (κ3) is 2.38. The van der Waals surface area contributed by atoms with Crippen LogP contribution in [-0.2, 0) is 31.2 Å². The fourth-order valence-corrected chi connectivity index (χ4v) is 2.60. The lowest BCUT2D eigenvalue weighted by Gasteiger charge is -2.27. The predicted molar refractivity (Wildman–Crippen MR) is 72.5 cm³/mol. The lowest BCUT2D eigenvalue weighted by molar-refractivity contribution is -0.131. The molecule has 0 bridgehead atoms. The molecule has 98 valence electrons. The van der Waals surface area contributed by atoms with Gasteiger partial charge in [-0.3, -0.25) is 9.78 Å². The summed E-state index contributed by atoms with van der Waals surface area (Å²) in [5.74, 6) is 0.160. The van der Waals surface area contributed by atoms with E-state index in [4.69, 9.17) is 0 Å². The van der Waals surface area contributed by atoms with Crippen molar-refractivity contribution in [1.29, 1.82) is 0 Å². The summed E-state index contributed by atoms with van der Waals surface area (Å²) in [4.78, 5) is 18.4. The molecule has 0 unspecified atom stereocenters. The monoisotopic (exact) mass is 255 g/mol. The third-order valence-corrected chi connectivity index (χ3v) is 3.69. The van der Waals surface area contributed by atoms with Gasteiger partial charge in [0.1, 0.15) is 0 Å². The Morgan fingerprint density at radius 3 is 3.05 bits per heavy atom. The molecule has 0 radical (unpaired) electrons. The first-order valence-corrected chi connectivity index (χ1v) is 6.55. The van der Waals surface area contributed by atoms with Crippen LogP contribution < -0.4 is 0 Å². The smallest absolute Gasteiger partial charge is 0.228 e. The Kier molecular flexibility index (Phi) is 3.07. The van der Waals surface area contributed by atoms with Gasteiger partial charge in [0, 0.05) is 50.3 Å². The van der Waals surface area contributed by atoms with Crippen LogP contribution in [0.5, 0.6) is 0 Å². The van der Waals surface area contributed by atoms with Crippen molar-refractivity contribution in [3.05, 3.63) is 53.6 Å². The number of hydrogen-bond acceptors (Lipinski definition) is 2.